The topological polar surface area (TPSA) is 9.23 Å². The Labute approximate surface area is 86.8 Å². The molecule has 0 atom stereocenters. The Balaban J connectivity index is 1.93. The molecule has 0 saturated heterocycles. The summed E-state index contributed by atoms with van der Waals surface area (Å²) in [5.41, 5.74) is 1.17. The molecule has 0 aromatic heterocycles. The lowest BCUT2D eigenvalue weighted by Gasteiger charge is -2.13. The van der Waals surface area contributed by atoms with Crippen molar-refractivity contribution in [1.82, 2.24) is 0 Å². The van der Waals surface area contributed by atoms with Crippen LogP contribution in [0.25, 0.3) is 0 Å². The molecule has 1 nitrogen and oxygen atoms in total. The maximum atomic E-state index is 7.79. The van der Waals surface area contributed by atoms with E-state index in [0.29, 0.717) is 6.61 Å². The van der Waals surface area contributed by atoms with E-state index in [1.807, 2.05) is 30.3 Å². The Morgan fingerprint density at radius 3 is 2.86 bits per heavy atom. The molecule has 0 unspecified atom stereocenters. The summed E-state index contributed by atoms with van der Waals surface area (Å²) in [6.07, 6.45) is 4.32. The molecule has 0 fully saturated rings. The van der Waals surface area contributed by atoms with Crippen molar-refractivity contribution >= 4 is 0 Å². The fourth-order valence-electron chi connectivity index (χ4n) is 1.63. The van der Waals surface area contributed by atoms with Crippen LogP contribution in [0.1, 0.15) is 27.1 Å². The summed E-state index contributed by atoms with van der Waals surface area (Å²) in [6.45, 7) is 0.586. The summed E-state index contributed by atoms with van der Waals surface area (Å²) in [6, 6.07) is 10.6. The van der Waals surface area contributed by atoms with E-state index in [4.69, 9.17) is 6.11 Å². The zero-order valence-electron chi connectivity index (χ0n) is 9.33. The Morgan fingerprint density at radius 1 is 1.21 bits per heavy atom. The third-order valence-corrected chi connectivity index (χ3v) is 2.44. The van der Waals surface area contributed by atoms with Crippen molar-refractivity contribution in [3.8, 4) is 5.75 Å². The van der Waals surface area contributed by atoms with Crippen molar-refractivity contribution in [3.05, 3.63) is 42.0 Å². The third-order valence-electron chi connectivity index (χ3n) is 2.44. The molecule has 14 heavy (non-hydrogen) atoms. The molecule has 1 aromatic carbocycles. The van der Waals surface area contributed by atoms with E-state index in [-0.39, 0.29) is 0 Å². The fraction of sp³-hybridized carbons (Fsp3) is 0.385. The van der Waals surface area contributed by atoms with Gasteiger partial charge in [0.15, 0.2) is 0 Å². The van der Waals surface area contributed by atoms with Gasteiger partial charge in [0, 0.05) is 0 Å². The van der Waals surface area contributed by atoms with Gasteiger partial charge in [0.25, 0.3) is 0 Å². The maximum Gasteiger partial charge on any atom is 0.119 e. The normalized spacial score (nSPS) is 17.9. The van der Waals surface area contributed by atoms with Gasteiger partial charge in [0.05, 0.1) is 1.37 Å². The Morgan fingerprint density at radius 2 is 2.07 bits per heavy atom. The second-order valence-electron chi connectivity index (χ2n) is 3.59. The predicted molar refractivity (Wildman–Crippen MR) is 58.5 cm³/mol. The first-order valence-electron chi connectivity index (χ1n) is 5.71. The van der Waals surface area contributed by atoms with Crippen molar-refractivity contribution in [2.75, 3.05) is 6.61 Å². The minimum absolute atomic E-state index is 0.586. The highest BCUT2D eigenvalue weighted by atomic mass is 16.5. The van der Waals surface area contributed by atoms with Crippen LogP contribution in [0.4, 0.5) is 0 Å². The van der Waals surface area contributed by atoms with Gasteiger partial charge in [-0.15, -0.1) is 0 Å². The van der Waals surface area contributed by atoms with E-state index in [1.54, 1.807) is 0 Å². The summed E-state index contributed by atoms with van der Waals surface area (Å²) in [5, 5.41) is 0. The molecule has 0 bridgehead atoms. The molecule has 0 N–H and O–H groups in total. The lowest BCUT2D eigenvalue weighted by Crippen LogP contribution is -2.03. The van der Waals surface area contributed by atoms with Crippen LogP contribution in [0.5, 0.6) is 5.75 Å². The second-order valence-corrected chi connectivity index (χ2v) is 3.59. The third kappa shape index (κ3) is 2.63. The predicted octanol–water partition coefficient (Wildman–Crippen LogP) is 3.57. The maximum absolute atomic E-state index is 7.79. The van der Waals surface area contributed by atoms with Crippen LogP contribution in [0.15, 0.2) is 42.0 Å². The van der Waals surface area contributed by atoms with Crippen molar-refractivity contribution in [2.24, 2.45) is 0 Å². The van der Waals surface area contributed by atoms with Crippen molar-refractivity contribution in [3.63, 3.8) is 0 Å². The molecule has 0 amide bonds. The molecule has 1 aliphatic carbocycles. The van der Waals surface area contributed by atoms with E-state index < -0.39 is 0 Å². The zero-order chi connectivity index (χ0) is 10.5. The second kappa shape index (κ2) is 4.85. The Kier molecular flexibility index (Phi) is 2.80. The molecule has 0 saturated carbocycles. The highest BCUT2D eigenvalue weighted by Gasteiger charge is 2.03. The van der Waals surface area contributed by atoms with E-state index in [1.165, 1.54) is 12.0 Å². The highest BCUT2D eigenvalue weighted by Crippen LogP contribution is 2.18. The van der Waals surface area contributed by atoms with Crippen LogP contribution >= 0.6 is 0 Å². The Bertz CT molecular complexity index is 343. The summed E-state index contributed by atoms with van der Waals surface area (Å²) in [7, 11) is 0. The van der Waals surface area contributed by atoms with Gasteiger partial charge in [-0.05, 0) is 43.4 Å². The molecule has 1 aliphatic rings. The number of hydrogen-bond acceptors (Lipinski definition) is 1. The van der Waals surface area contributed by atoms with Crippen LogP contribution in [0.2, 0.25) is 0 Å². The van der Waals surface area contributed by atoms with E-state index in [9.17, 15) is 0 Å². The minimum Gasteiger partial charge on any atom is -0.489 e. The van der Waals surface area contributed by atoms with Crippen molar-refractivity contribution in [2.45, 2.75) is 25.7 Å². The number of benzene rings is 1. The van der Waals surface area contributed by atoms with Gasteiger partial charge >= 0.3 is 0 Å². The molecule has 1 aromatic rings. The average molecular weight is 189 g/mol. The van der Waals surface area contributed by atoms with Gasteiger partial charge in [-0.25, -0.2) is 0 Å². The molecule has 2 rings (SSSR count). The average Bonchev–Trinajstić information content (AvgIpc) is 2.29. The summed E-state index contributed by atoms with van der Waals surface area (Å²) in [5.74, 6) is 0.892. The van der Waals surface area contributed by atoms with Crippen LogP contribution in [0, 0.1) is 0 Å². The SMILES string of the molecule is [2H]C1=C(COc2ccccc2)CCCC1. The lowest BCUT2D eigenvalue weighted by molar-refractivity contribution is 0.343. The monoisotopic (exact) mass is 189 g/mol. The Hall–Kier alpha value is -1.24. The molecule has 0 heterocycles. The number of rotatable bonds is 3. The van der Waals surface area contributed by atoms with Gasteiger partial charge in [-0.3, -0.25) is 0 Å². The van der Waals surface area contributed by atoms with Gasteiger partial charge < -0.3 is 4.74 Å². The number of para-hydroxylation sites is 1. The minimum atomic E-state index is 0.586. The van der Waals surface area contributed by atoms with E-state index in [2.05, 4.69) is 0 Å². The van der Waals surface area contributed by atoms with Crippen molar-refractivity contribution in [1.29, 1.82) is 0 Å². The highest BCUT2D eigenvalue weighted by molar-refractivity contribution is 5.22. The molecule has 0 radical (unpaired) electrons. The first kappa shape index (κ1) is 8.10. The first-order chi connectivity index (χ1) is 7.36. The van der Waals surface area contributed by atoms with Gasteiger partial charge in [0.1, 0.15) is 12.4 Å². The number of allylic oxidation sites excluding steroid dienone is 1. The summed E-state index contributed by atoms with van der Waals surface area (Å²) in [4.78, 5) is 0. The van der Waals surface area contributed by atoms with Crippen LogP contribution < -0.4 is 4.74 Å². The first-order valence-corrected chi connectivity index (χ1v) is 5.21. The zero-order valence-corrected chi connectivity index (χ0v) is 8.33. The van der Waals surface area contributed by atoms with Gasteiger partial charge in [-0.1, -0.05) is 24.3 Å². The van der Waals surface area contributed by atoms with Crippen LogP contribution in [-0.2, 0) is 0 Å². The standard InChI is InChI=1S/C13H16O/c1-3-7-12(8-4-1)11-14-13-9-5-2-6-10-13/h2,5-7,9-10H,1,3-4,8,11H2/i7D. The number of ether oxygens (including phenoxy) is 1. The van der Waals surface area contributed by atoms with Gasteiger partial charge in [0.2, 0.25) is 0 Å². The van der Waals surface area contributed by atoms with E-state index in [0.717, 1.165) is 31.1 Å². The molecular formula is C13H16O. The fourth-order valence-corrected chi connectivity index (χ4v) is 1.63. The largest absolute Gasteiger partial charge is 0.489 e. The molecule has 1 heteroatoms. The lowest BCUT2D eigenvalue weighted by atomic mass is 10.0. The smallest absolute Gasteiger partial charge is 0.119 e. The molecule has 0 aliphatic heterocycles. The van der Waals surface area contributed by atoms with E-state index >= 15 is 0 Å². The van der Waals surface area contributed by atoms with Gasteiger partial charge in [-0.2, -0.15) is 0 Å². The summed E-state index contributed by atoms with van der Waals surface area (Å²) >= 11 is 0. The quantitative estimate of drug-likeness (QED) is 0.660. The molecular weight excluding hydrogens is 172 g/mol. The van der Waals surface area contributed by atoms with Crippen molar-refractivity contribution < 1.29 is 6.11 Å². The van der Waals surface area contributed by atoms with Crippen LogP contribution in [-0.4, -0.2) is 6.61 Å². The molecule has 74 valence electrons. The molecule has 0 spiro atoms. The number of hydrogen-bond donors (Lipinski definition) is 0. The van der Waals surface area contributed by atoms with Crippen LogP contribution in [0.3, 0.4) is 0 Å². The summed E-state index contributed by atoms with van der Waals surface area (Å²) < 4.78 is 13.4.